The minimum atomic E-state index is -0.436. The maximum absolute atomic E-state index is 13.1. The second kappa shape index (κ2) is 5.43. The van der Waals surface area contributed by atoms with Crippen LogP contribution in [0.3, 0.4) is 0 Å². The molecule has 0 fully saturated rings. The van der Waals surface area contributed by atoms with E-state index in [4.69, 9.17) is 0 Å². The molecule has 1 N–H and O–H groups in total. The number of fused-ring (bicyclic) bond motifs is 4. The third-order valence-electron chi connectivity index (χ3n) is 4.78. The van der Waals surface area contributed by atoms with Crippen molar-refractivity contribution in [1.29, 1.82) is 0 Å². The molecule has 0 unspecified atom stereocenters. The fourth-order valence-electron chi connectivity index (χ4n) is 3.53. The van der Waals surface area contributed by atoms with E-state index in [0.29, 0.717) is 16.6 Å². The van der Waals surface area contributed by atoms with Crippen molar-refractivity contribution in [2.24, 2.45) is 0 Å². The molecule has 26 heavy (non-hydrogen) atoms. The van der Waals surface area contributed by atoms with Crippen LogP contribution in [0.5, 0.6) is 0 Å². The largest absolute Gasteiger partial charge is 0.333 e. The van der Waals surface area contributed by atoms with Crippen molar-refractivity contribution in [3.8, 4) is 5.69 Å². The van der Waals surface area contributed by atoms with Gasteiger partial charge in [-0.25, -0.2) is 9.36 Å². The highest BCUT2D eigenvalue weighted by atomic mass is 16.2. The average molecular weight is 338 g/mol. The van der Waals surface area contributed by atoms with Crippen LogP contribution in [0.1, 0.15) is 0 Å². The van der Waals surface area contributed by atoms with E-state index in [0.717, 1.165) is 21.5 Å². The first-order valence-electron chi connectivity index (χ1n) is 8.38. The molecule has 4 heteroatoms. The van der Waals surface area contributed by atoms with E-state index in [1.165, 1.54) is 4.57 Å². The SMILES string of the molecule is O=c1[nH]c2cc3ccc4ccccc4c3cc2c(=O)n1-c1ccccc1. The molecule has 0 aliphatic rings. The van der Waals surface area contributed by atoms with Gasteiger partial charge in [0, 0.05) is 0 Å². The molecule has 4 nitrogen and oxygen atoms in total. The van der Waals surface area contributed by atoms with E-state index in [-0.39, 0.29) is 5.56 Å². The van der Waals surface area contributed by atoms with Crippen LogP contribution in [0.15, 0.2) is 88.5 Å². The zero-order valence-corrected chi connectivity index (χ0v) is 13.8. The molecule has 5 aromatic rings. The summed E-state index contributed by atoms with van der Waals surface area (Å²) < 4.78 is 1.18. The summed E-state index contributed by atoms with van der Waals surface area (Å²) >= 11 is 0. The van der Waals surface area contributed by atoms with Gasteiger partial charge in [0.15, 0.2) is 0 Å². The molecule has 1 heterocycles. The Morgan fingerprint density at radius 1 is 0.654 bits per heavy atom. The van der Waals surface area contributed by atoms with Gasteiger partial charge in [0.1, 0.15) is 0 Å². The number of hydrogen-bond donors (Lipinski definition) is 1. The van der Waals surface area contributed by atoms with Crippen molar-refractivity contribution >= 4 is 32.4 Å². The molecule has 1 aromatic heterocycles. The predicted octanol–water partition coefficient (Wildman–Crippen LogP) is 3.99. The minimum Gasteiger partial charge on any atom is -0.306 e. The number of nitrogens with one attached hydrogen (secondary N) is 1. The summed E-state index contributed by atoms with van der Waals surface area (Å²) in [7, 11) is 0. The van der Waals surface area contributed by atoms with E-state index in [2.05, 4.69) is 4.98 Å². The molecule has 0 amide bonds. The number of nitrogens with zero attached hydrogens (tertiary/aromatic N) is 1. The van der Waals surface area contributed by atoms with Gasteiger partial charge in [-0.2, -0.15) is 0 Å². The Bertz CT molecular complexity index is 1410. The van der Waals surface area contributed by atoms with E-state index in [1.54, 1.807) is 24.3 Å². The summed E-state index contributed by atoms with van der Waals surface area (Å²) in [5.41, 5.74) is 0.354. The van der Waals surface area contributed by atoms with Crippen molar-refractivity contribution < 1.29 is 0 Å². The molecule has 5 rings (SSSR count). The van der Waals surface area contributed by atoms with Crippen LogP contribution < -0.4 is 11.2 Å². The van der Waals surface area contributed by atoms with Gasteiger partial charge in [-0.15, -0.1) is 0 Å². The molecule has 124 valence electrons. The van der Waals surface area contributed by atoms with Crippen molar-refractivity contribution in [3.05, 3.63) is 99.7 Å². The van der Waals surface area contributed by atoms with Gasteiger partial charge in [0.05, 0.1) is 16.6 Å². The predicted molar refractivity (Wildman–Crippen MR) is 105 cm³/mol. The molecule has 0 atom stereocenters. The van der Waals surface area contributed by atoms with Crippen molar-refractivity contribution in [2.45, 2.75) is 0 Å². The summed E-state index contributed by atoms with van der Waals surface area (Å²) in [6.07, 6.45) is 0. The third-order valence-corrected chi connectivity index (χ3v) is 4.78. The summed E-state index contributed by atoms with van der Waals surface area (Å²) in [6.45, 7) is 0. The first kappa shape index (κ1) is 14.7. The minimum absolute atomic E-state index is 0.315. The molecule has 0 bridgehead atoms. The number of aromatic nitrogens is 2. The highest BCUT2D eigenvalue weighted by Gasteiger charge is 2.11. The molecule has 0 aliphatic heterocycles. The number of benzene rings is 4. The summed E-state index contributed by atoms with van der Waals surface area (Å²) in [6, 6.07) is 24.8. The first-order valence-corrected chi connectivity index (χ1v) is 8.38. The molecule has 0 aliphatic carbocycles. The lowest BCUT2D eigenvalue weighted by Crippen LogP contribution is -2.33. The second-order valence-corrected chi connectivity index (χ2v) is 6.31. The third kappa shape index (κ3) is 2.09. The summed E-state index contributed by atoms with van der Waals surface area (Å²) in [5, 5.41) is 4.69. The van der Waals surface area contributed by atoms with Gasteiger partial charge in [-0.1, -0.05) is 54.6 Å². The van der Waals surface area contributed by atoms with Gasteiger partial charge in [-0.05, 0) is 45.8 Å². The van der Waals surface area contributed by atoms with Crippen LogP contribution >= 0.6 is 0 Å². The van der Waals surface area contributed by atoms with Crippen LogP contribution in [0.2, 0.25) is 0 Å². The van der Waals surface area contributed by atoms with E-state index < -0.39 is 5.69 Å². The van der Waals surface area contributed by atoms with Gasteiger partial charge < -0.3 is 4.98 Å². The monoisotopic (exact) mass is 338 g/mol. The van der Waals surface area contributed by atoms with Crippen molar-refractivity contribution in [3.63, 3.8) is 0 Å². The lowest BCUT2D eigenvalue weighted by molar-refractivity contribution is 0.902. The lowest BCUT2D eigenvalue weighted by atomic mass is 10.0. The number of H-pyrrole nitrogens is 1. The van der Waals surface area contributed by atoms with Gasteiger partial charge >= 0.3 is 5.69 Å². The average Bonchev–Trinajstić information content (AvgIpc) is 2.67. The summed E-state index contributed by atoms with van der Waals surface area (Å²) in [5.74, 6) is 0. The van der Waals surface area contributed by atoms with E-state index in [1.807, 2.05) is 54.6 Å². The Kier molecular flexibility index (Phi) is 3.06. The fourth-order valence-corrected chi connectivity index (χ4v) is 3.53. The van der Waals surface area contributed by atoms with Crippen LogP contribution in [-0.4, -0.2) is 9.55 Å². The Balaban J connectivity index is 1.94. The van der Waals surface area contributed by atoms with Crippen LogP contribution in [-0.2, 0) is 0 Å². The van der Waals surface area contributed by atoms with Gasteiger partial charge in [0.25, 0.3) is 5.56 Å². The zero-order chi connectivity index (χ0) is 17.7. The smallest absolute Gasteiger partial charge is 0.306 e. The van der Waals surface area contributed by atoms with E-state index >= 15 is 0 Å². The van der Waals surface area contributed by atoms with Gasteiger partial charge in [-0.3, -0.25) is 4.79 Å². The highest BCUT2D eigenvalue weighted by molar-refractivity contribution is 6.11. The first-order chi connectivity index (χ1) is 12.7. The molecular formula is C22H14N2O2. The van der Waals surface area contributed by atoms with Crippen LogP contribution in [0.4, 0.5) is 0 Å². The topological polar surface area (TPSA) is 54.9 Å². The van der Waals surface area contributed by atoms with E-state index in [9.17, 15) is 9.59 Å². The Morgan fingerprint density at radius 3 is 2.23 bits per heavy atom. The maximum Gasteiger partial charge on any atom is 0.333 e. The molecule has 0 saturated heterocycles. The fraction of sp³-hybridized carbons (Fsp3) is 0. The normalized spacial score (nSPS) is 11.4. The van der Waals surface area contributed by atoms with Crippen LogP contribution in [0.25, 0.3) is 38.1 Å². The Morgan fingerprint density at radius 2 is 1.38 bits per heavy atom. The second-order valence-electron chi connectivity index (χ2n) is 6.31. The number of hydrogen-bond acceptors (Lipinski definition) is 2. The molecule has 0 radical (unpaired) electrons. The van der Waals surface area contributed by atoms with Crippen LogP contribution in [0, 0.1) is 0 Å². The summed E-state index contributed by atoms with van der Waals surface area (Å²) in [4.78, 5) is 28.4. The number of rotatable bonds is 1. The Labute approximate surface area is 148 Å². The van der Waals surface area contributed by atoms with Crippen molar-refractivity contribution in [2.75, 3.05) is 0 Å². The standard InChI is InChI=1S/C22H14N2O2/c25-21-19-13-18-15(11-10-14-6-4-5-9-17(14)18)12-20(19)23-22(26)24(21)16-7-2-1-3-8-16/h1-13H,(H,23,26). The number of para-hydroxylation sites is 1. The molecular weight excluding hydrogens is 324 g/mol. The number of aromatic amines is 1. The lowest BCUT2D eigenvalue weighted by Gasteiger charge is -2.09. The molecule has 0 saturated carbocycles. The quantitative estimate of drug-likeness (QED) is 0.371. The molecule has 4 aromatic carbocycles. The van der Waals surface area contributed by atoms with Crippen molar-refractivity contribution in [1.82, 2.24) is 9.55 Å². The Hall–Kier alpha value is -3.66. The maximum atomic E-state index is 13.1. The zero-order valence-electron chi connectivity index (χ0n) is 13.8. The highest BCUT2D eigenvalue weighted by Crippen LogP contribution is 2.27. The molecule has 0 spiro atoms. The van der Waals surface area contributed by atoms with Gasteiger partial charge in [0.2, 0.25) is 0 Å².